The van der Waals surface area contributed by atoms with Crippen molar-refractivity contribution in [3.8, 4) is 16.9 Å². The lowest BCUT2D eigenvalue weighted by molar-refractivity contribution is 0.0132. The van der Waals surface area contributed by atoms with Crippen LogP contribution in [0.2, 0.25) is 0 Å². The highest BCUT2D eigenvalue weighted by Gasteiger charge is 2.29. The van der Waals surface area contributed by atoms with E-state index in [1.165, 1.54) is 11.1 Å². The zero-order chi connectivity index (χ0) is 24.2. The lowest BCUT2D eigenvalue weighted by Crippen LogP contribution is -2.30. The summed E-state index contributed by atoms with van der Waals surface area (Å²) in [5, 5.41) is 23.8. The molecule has 0 bridgehead atoms. The number of aryl methyl sites for hydroxylation is 2. The molecule has 6 nitrogen and oxygen atoms in total. The Morgan fingerprint density at radius 1 is 0.971 bits per heavy atom. The van der Waals surface area contributed by atoms with Gasteiger partial charge in [-0.25, -0.2) is 4.79 Å². The molecule has 4 rings (SSSR count). The number of carbonyl (C=O) groups excluding carboxylic acids is 1. The average molecular weight is 462 g/mol. The van der Waals surface area contributed by atoms with Gasteiger partial charge in [0.2, 0.25) is 0 Å². The maximum absolute atomic E-state index is 12.3. The summed E-state index contributed by atoms with van der Waals surface area (Å²) in [6.07, 6.45) is -2.44. The summed E-state index contributed by atoms with van der Waals surface area (Å²) < 4.78 is 10.8. The SMILES string of the molecule is COc1cc(C)c(C(O)C(O)CCNC(=O)OCC2c3ccccc3-c3ccccc32)cc1C. The summed E-state index contributed by atoms with van der Waals surface area (Å²) in [5.74, 6) is 0.728. The van der Waals surface area contributed by atoms with Crippen molar-refractivity contribution in [3.05, 3.63) is 88.5 Å². The number of amides is 1. The number of aliphatic hydroxyl groups excluding tert-OH is 2. The summed E-state index contributed by atoms with van der Waals surface area (Å²) in [6, 6.07) is 20.0. The smallest absolute Gasteiger partial charge is 0.407 e. The summed E-state index contributed by atoms with van der Waals surface area (Å²) in [6.45, 7) is 4.17. The van der Waals surface area contributed by atoms with Crippen LogP contribution in [0.15, 0.2) is 60.7 Å². The predicted octanol–water partition coefficient (Wildman–Crippen LogP) is 4.64. The van der Waals surface area contributed by atoms with Gasteiger partial charge in [-0.1, -0.05) is 48.5 Å². The zero-order valence-corrected chi connectivity index (χ0v) is 19.7. The molecule has 34 heavy (non-hydrogen) atoms. The number of ether oxygens (including phenoxy) is 2. The normalized spacial score (nSPS) is 14.1. The average Bonchev–Trinajstić information content (AvgIpc) is 3.17. The number of aliphatic hydroxyl groups is 2. The molecule has 0 radical (unpaired) electrons. The first kappa shape index (κ1) is 23.8. The number of fused-ring (bicyclic) bond motifs is 3. The minimum atomic E-state index is -1.06. The molecule has 0 heterocycles. The van der Waals surface area contributed by atoms with Crippen LogP contribution in [0.4, 0.5) is 4.79 Å². The third kappa shape index (κ3) is 4.79. The van der Waals surface area contributed by atoms with E-state index in [4.69, 9.17) is 9.47 Å². The van der Waals surface area contributed by atoms with E-state index >= 15 is 0 Å². The number of carbonyl (C=O) groups is 1. The molecule has 6 heteroatoms. The Morgan fingerprint density at radius 2 is 1.59 bits per heavy atom. The van der Waals surface area contributed by atoms with E-state index in [9.17, 15) is 15.0 Å². The van der Waals surface area contributed by atoms with E-state index in [1.807, 2.05) is 50.2 Å². The van der Waals surface area contributed by atoms with Gasteiger partial charge in [-0.3, -0.25) is 0 Å². The molecule has 0 aromatic heterocycles. The molecule has 3 N–H and O–H groups in total. The second kappa shape index (κ2) is 10.3. The van der Waals surface area contributed by atoms with E-state index in [-0.39, 0.29) is 25.5 Å². The van der Waals surface area contributed by atoms with Gasteiger partial charge in [-0.05, 0) is 71.3 Å². The molecule has 0 aliphatic heterocycles. The Bertz CT molecular complexity index is 1130. The Hall–Kier alpha value is -3.35. The standard InChI is InChI=1S/C28H31NO5/c1-17-15-26(33-3)18(2)14-23(17)27(31)25(30)12-13-29-28(32)34-16-24-21-10-6-4-8-19(21)20-9-5-7-11-22(20)24/h4-11,14-15,24-25,27,30-31H,12-13,16H2,1-3H3,(H,29,32). The van der Waals surface area contributed by atoms with Crippen molar-refractivity contribution in [2.75, 3.05) is 20.3 Å². The Morgan fingerprint density at radius 3 is 2.21 bits per heavy atom. The number of rotatable bonds is 8. The summed E-state index contributed by atoms with van der Waals surface area (Å²) in [5.41, 5.74) is 7.01. The topological polar surface area (TPSA) is 88.0 Å². The molecule has 3 aromatic rings. The van der Waals surface area contributed by atoms with Crippen LogP contribution < -0.4 is 10.1 Å². The highest BCUT2D eigenvalue weighted by Crippen LogP contribution is 2.44. The van der Waals surface area contributed by atoms with Crippen molar-refractivity contribution in [2.45, 2.75) is 38.4 Å². The minimum Gasteiger partial charge on any atom is -0.496 e. The maximum Gasteiger partial charge on any atom is 0.407 e. The Labute approximate surface area is 200 Å². The van der Waals surface area contributed by atoms with Gasteiger partial charge >= 0.3 is 6.09 Å². The second-order valence-electron chi connectivity index (χ2n) is 8.73. The summed E-state index contributed by atoms with van der Waals surface area (Å²) in [4.78, 5) is 12.3. The summed E-state index contributed by atoms with van der Waals surface area (Å²) in [7, 11) is 1.60. The van der Waals surface area contributed by atoms with E-state index in [0.29, 0.717) is 5.56 Å². The largest absolute Gasteiger partial charge is 0.496 e. The van der Waals surface area contributed by atoms with Gasteiger partial charge in [-0.15, -0.1) is 0 Å². The second-order valence-corrected chi connectivity index (χ2v) is 8.73. The number of nitrogens with one attached hydrogen (secondary N) is 1. The van der Waals surface area contributed by atoms with Crippen LogP contribution in [-0.2, 0) is 4.74 Å². The fourth-order valence-corrected chi connectivity index (χ4v) is 4.69. The van der Waals surface area contributed by atoms with Crippen LogP contribution in [-0.4, -0.2) is 42.7 Å². The first-order chi connectivity index (χ1) is 16.4. The van der Waals surface area contributed by atoms with Crippen LogP contribution in [0.25, 0.3) is 11.1 Å². The minimum absolute atomic E-state index is 0.00755. The van der Waals surface area contributed by atoms with Crippen LogP contribution >= 0.6 is 0 Å². The molecule has 1 aliphatic rings. The summed E-state index contributed by atoms with van der Waals surface area (Å²) >= 11 is 0. The first-order valence-electron chi connectivity index (χ1n) is 11.5. The van der Waals surface area contributed by atoms with Crippen molar-refractivity contribution in [3.63, 3.8) is 0 Å². The van der Waals surface area contributed by atoms with Gasteiger partial charge in [0.25, 0.3) is 0 Å². The third-order valence-corrected chi connectivity index (χ3v) is 6.52. The first-order valence-corrected chi connectivity index (χ1v) is 11.5. The van der Waals surface area contributed by atoms with Gasteiger partial charge in [0.05, 0.1) is 13.2 Å². The van der Waals surface area contributed by atoms with E-state index in [1.54, 1.807) is 7.11 Å². The van der Waals surface area contributed by atoms with Gasteiger partial charge in [0, 0.05) is 12.5 Å². The fraction of sp³-hybridized carbons (Fsp3) is 0.321. The molecule has 0 fully saturated rings. The van der Waals surface area contributed by atoms with Crippen LogP contribution in [0, 0.1) is 13.8 Å². The molecule has 178 valence electrons. The highest BCUT2D eigenvalue weighted by molar-refractivity contribution is 5.79. The molecule has 0 saturated heterocycles. The van der Waals surface area contributed by atoms with E-state index < -0.39 is 18.3 Å². The molecule has 2 unspecified atom stereocenters. The fourth-order valence-electron chi connectivity index (χ4n) is 4.69. The number of hydrogen-bond acceptors (Lipinski definition) is 5. The van der Waals surface area contributed by atoms with Crippen molar-refractivity contribution in [1.82, 2.24) is 5.32 Å². The van der Waals surface area contributed by atoms with Crippen LogP contribution in [0.5, 0.6) is 5.75 Å². The lowest BCUT2D eigenvalue weighted by Gasteiger charge is -2.21. The zero-order valence-electron chi connectivity index (χ0n) is 19.7. The van der Waals surface area contributed by atoms with E-state index in [0.717, 1.165) is 28.0 Å². The number of alkyl carbamates (subject to hydrolysis) is 1. The van der Waals surface area contributed by atoms with Gasteiger partial charge in [0.15, 0.2) is 0 Å². The Kier molecular flexibility index (Phi) is 7.20. The molecule has 0 saturated carbocycles. The number of benzene rings is 3. The van der Waals surface area contributed by atoms with Gasteiger partial charge in [-0.2, -0.15) is 0 Å². The van der Waals surface area contributed by atoms with Gasteiger partial charge < -0.3 is 25.0 Å². The highest BCUT2D eigenvalue weighted by atomic mass is 16.5. The van der Waals surface area contributed by atoms with E-state index in [2.05, 4.69) is 29.6 Å². The molecule has 3 aromatic carbocycles. The molecule has 2 atom stereocenters. The molecular weight excluding hydrogens is 430 g/mol. The van der Waals surface area contributed by atoms with Crippen molar-refractivity contribution >= 4 is 6.09 Å². The van der Waals surface area contributed by atoms with Crippen LogP contribution in [0.3, 0.4) is 0 Å². The van der Waals surface area contributed by atoms with Crippen LogP contribution in [0.1, 0.15) is 46.3 Å². The van der Waals surface area contributed by atoms with Crippen molar-refractivity contribution in [1.29, 1.82) is 0 Å². The molecular formula is C28H31NO5. The Balaban J connectivity index is 1.29. The third-order valence-electron chi connectivity index (χ3n) is 6.52. The van der Waals surface area contributed by atoms with Crippen molar-refractivity contribution < 1.29 is 24.5 Å². The quantitative estimate of drug-likeness (QED) is 0.455. The lowest BCUT2D eigenvalue weighted by atomic mass is 9.95. The maximum atomic E-state index is 12.3. The predicted molar refractivity (Wildman–Crippen MR) is 131 cm³/mol. The molecule has 1 amide bonds. The molecule has 1 aliphatic carbocycles. The number of hydrogen-bond donors (Lipinski definition) is 3. The van der Waals surface area contributed by atoms with Crippen molar-refractivity contribution in [2.24, 2.45) is 0 Å². The monoisotopic (exact) mass is 461 g/mol. The van der Waals surface area contributed by atoms with Gasteiger partial charge in [0.1, 0.15) is 18.5 Å². The number of methoxy groups -OCH3 is 1. The molecule has 0 spiro atoms.